The van der Waals surface area contributed by atoms with Gasteiger partial charge in [0.25, 0.3) is 0 Å². The van der Waals surface area contributed by atoms with Gasteiger partial charge in [0.15, 0.2) is 5.78 Å². The minimum Gasteiger partial charge on any atom is -0.425 e. The lowest BCUT2D eigenvalue weighted by Gasteiger charge is -2.02. The molecule has 0 atom stereocenters. The number of carbonyl (C=O) groups excluding carboxylic acids is 1. The second kappa shape index (κ2) is 4.85. The van der Waals surface area contributed by atoms with Gasteiger partial charge in [0, 0.05) is 29.8 Å². The first-order valence-electron chi connectivity index (χ1n) is 6.30. The highest BCUT2D eigenvalue weighted by atomic mass is 16.4. The van der Waals surface area contributed by atoms with Crippen LogP contribution in [0.1, 0.15) is 27.8 Å². The van der Waals surface area contributed by atoms with Gasteiger partial charge >= 0.3 is 0 Å². The van der Waals surface area contributed by atoms with Crippen LogP contribution in [0.25, 0.3) is 10.8 Å². The Bertz CT molecular complexity index is 793. The lowest BCUT2D eigenvalue weighted by Crippen LogP contribution is -2.03. The number of nitrogens with zero attached hydrogens (tertiary/aromatic N) is 3. The number of Topliss-reactive ketones (excluding diaryl/α,β-unsaturated/α-hetero) is 1. The van der Waals surface area contributed by atoms with Crippen molar-refractivity contribution in [2.75, 3.05) is 0 Å². The van der Waals surface area contributed by atoms with E-state index in [1.165, 1.54) is 0 Å². The SMILES string of the molecule is Cc1cc2ccc(C(=O)Cc3nnc(C)o3)cc2cn1. The Morgan fingerprint density at radius 3 is 2.75 bits per heavy atom. The topological polar surface area (TPSA) is 68.9 Å². The van der Waals surface area contributed by atoms with Crippen LogP contribution in [0.15, 0.2) is 34.9 Å². The fraction of sp³-hybridized carbons (Fsp3) is 0.200. The molecule has 0 amide bonds. The van der Waals surface area contributed by atoms with E-state index in [0.29, 0.717) is 17.3 Å². The van der Waals surface area contributed by atoms with Crippen molar-refractivity contribution < 1.29 is 9.21 Å². The van der Waals surface area contributed by atoms with Gasteiger partial charge in [0.05, 0.1) is 6.42 Å². The van der Waals surface area contributed by atoms with Gasteiger partial charge in [-0.05, 0) is 24.4 Å². The molecule has 1 aromatic carbocycles. The number of hydrogen-bond donors (Lipinski definition) is 0. The summed E-state index contributed by atoms with van der Waals surface area (Å²) in [5.41, 5.74) is 1.58. The van der Waals surface area contributed by atoms with Gasteiger partial charge in [-0.15, -0.1) is 10.2 Å². The van der Waals surface area contributed by atoms with E-state index >= 15 is 0 Å². The van der Waals surface area contributed by atoms with E-state index in [-0.39, 0.29) is 12.2 Å². The van der Waals surface area contributed by atoms with E-state index in [1.54, 1.807) is 13.1 Å². The monoisotopic (exact) mass is 267 g/mol. The Balaban J connectivity index is 1.89. The molecule has 100 valence electrons. The summed E-state index contributed by atoms with van der Waals surface area (Å²) in [7, 11) is 0. The first-order valence-corrected chi connectivity index (χ1v) is 6.30. The third kappa shape index (κ3) is 2.42. The van der Waals surface area contributed by atoms with Crippen molar-refractivity contribution in [3.05, 3.63) is 53.5 Å². The molecule has 0 spiro atoms. The summed E-state index contributed by atoms with van der Waals surface area (Å²) in [6, 6.07) is 7.57. The van der Waals surface area contributed by atoms with E-state index < -0.39 is 0 Å². The molecular weight excluding hydrogens is 254 g/mol. The summed E-state index contributed by atoms with van der Waals surface area (Å²) in [5.74, 6) is 0.761. The van der Waals surface area contributed by atoms with Gasteiger partial charge in [0.1, 0.15) is 0 Å². The van der Waals surface area contributed by atoms with Gasteiger partial charge in [-0.3, -0.25) is 9.78 Å². The third-order valence-corrected chi connectivity index (χ3v) is 3.06. The number of aromatic nitrogens is 3. The van der Waals surface area contributed by atoms with Crippen molar-refractivity contribution in [3.63, 3.8) is 0 Å². The second-order valence-corrected chi connectivity index (χ2v) is 4.70. The molecule has 20 heavy (non-hydrogen) atoms. The first-order chi connectivity index (χ1) is 9.61. The van der Waals surface area contributed by atoms with Gasteiger partial charge in [-0.2, -0.15) is 0 Å². The predicted molar refractivity (Wildman–Crippen MR) is 73.5 cm³/mol. The maximum Gasteiger partial charge on any atom is 0.224 e. The first kappa shape index (κ1) is 12.5. The number of ketones is 1. The van der Waals surface area contributed by atoms with Crippen molar-refractivity contribution in [2.45, 2.75) is 20.3 Å². The Hall–Kier alpha value is -2.56. The fourth-order valence-electron chi connectivity index (χ4n) is 2.07. The smallest absolute Gasteiger partial charge is 0.224 e. The molecule has 0 aliphatic carbocycles. The van der Waals surface area contributed by atoms with Crippen molar-refractivity contribution in [1.29, 1.82) is 0 Å². The summed E-state index contributed by atoms with van der Waals surface area (Å²) in [5, 5.41) is 9.57. The average Bonchev–Trinajstić information content (AvgIpc) is 2.83. The summed E-state index contributed by atoms with van der Waals surface area (Å²) >= 11 is 0. The van der Waals surface area contributed by atoms with Gasteiger partial charge in [0.2, 0.25) is 11.8 Å². The molecule has 0 N–H and O–H groups in total. The Labute approximate surface area is 115 Å². The van der Waals surface area contributed by atoms with Crippen molar-refractivity contribution >= 4 is 16.6 Å². The second-order valence-electron chi connectivity index (χ2n) is 4.70. The molecule has 0 aliphatic rings. The largest absolute Gasteiger partial charge is 0.425 e. The standard InChI is InChI=1S/C15H13N3O2/c1-9-5-11-3-4-12(6-13(11)8-16-9)14(19)7-15-18-17-10(2)20-15/h3-6,8H,7H2,1-2H3. The Morgan fingerprint density at radius 2 is 2.00 bits per heavy atom. The Morgan fingerprint density at radius 1 is 1.15 bits per heavy atom. The van der Waals surface area contributed by atoms with Crippen LogP contribution < -0.4 is 0 Å². The molecule has 3 rings (SSSR count). The quantitative estimate of drug-likeness (QED) is 0.682. The molecule has 5 nitrogen and oxygen atoms in total. The molecule has 0 saturated carbocycles. The summed E-state index contributed by atoms with van der Waals surface area (Å²) in [4.78, 5) is 16.4. The molecule has 3 aromatic rings. The van der Waals surface area contributed by atoms with E-state index in [9.17, 15) is 4.79 Å². The van der Waals surface area contributed by atoms with Crippen LogP contribution in [0.4, 0.5) is 0 Å². The van der Waals surface area contributed by atoms with Crippen LogP contribution in [-0.4, -0.2) is 21.0 Å². The number of hydrogen-bond acceptors (Lipinski definition) is 5. The molecule has 5 heteroatoms. The summed E-state index contributed by atoms with van der Waals surface area (Å²) in [6.07, 6.45) is 1.89. The minimum atomic E-state index is -0.0453. The van der Waals surface area contributed by atoms with Crippen LogP contribution in [0.2, 0.25) is 0 Å². The van der Waals surface area contributed by atoms with E-state index in [1.807, 2.05) is 31.2 Å². The van der Waals surface area contributed by atoms with Crippen LogP contribution >= 0.6 is 0 Å². The van der Waals surface area contributed by atoms with Gasteiger partial charge in [-0.1, -0.05) is 12.1 Å². The van der Waals surface area contributed by atoms with Crippen molar-refractivity contribution in [1.82, 2.24) is 15.2 Å². The lowest BCUT2D eigenvalue weighted by atomic mass is 10.0. The number of pyridine rings is 1. The number of fused-ring (bicyclic) bond motifs is 1. The highest BCUT2D eigenvalue weighted by molar-refractivity contribution is 6.00. The van der Waals surface area contributed by atoms with Crippen LogP contribution in [0.3, 0.4) is 0 Å². The molecular formula is C15H13N3O2. The number of aryl methyl sites for hydroxylation is 2. The maximum atomic E-state index is 12.2. The van der Waals surface area contributed by atoms with Crippen LogP contribution in [-0.2, 0) is 6.42 Å². The van der Waals surface area contributed by atoms with Crippen molar-refractivity contribution in [3.8, 4) is 0 Å². The van der Waals surface area contributed by atoms with E-state index in [4.69, 9.17) is 4.42 Å². The highest BCUT2D eigenvalue weighted by Gasteiger charge is 2.12. The van der Waals surface area contributed by atoms with E-state index in [2.05, 4.69) is 15.2 Å². The molecule has 0 unspecified atom stereocenters. The van der Waals surface area contributed by atoms with Crippen molar-refractivity contribution in [2.24, 2.45) is 0 Å². The Kier molecular flexibility index (Phi) is 3.02. The number of carbonyl (C=O) groups is 1. The van der Waals surface area contributed by atoms with E-state index in [0.717, 1.165) is 16.5 Å². The number of rotatable bonds is 3. The third-order valence-electron chi connectivity index (χ3n) is 3.06. The van der Waals surface area contributed by atoms with Gasteiger partial charge < -0.3 is 4.42 Å². The normalized spacial score (nSPS) is 10.9. The number of benzene rings is 1. The molecule has 0 aliphatic heterocycles. The summed E-state index contributed by atoms with van der Waals surface area (Å²) < 4.78 is 5.22. The molecule has 0 radical (unpaired) electrons. The maximum absolute atomic E-state index is 12.2. The molecule has 0 saturated heterocycles. The molecule has 0 bridgehead atoms. The molecule has 0 fully saturated rings. The zero-order valence-corrected chi connectivity index (χ0v) is 11.3. The summed E-state index contributed by atoms with van der Waals surface area (Å²) in [6.45, 7) is 3.64. The van der Waals surface area contributed by atoms with Crippen LogP contribution in [0.5, 0.6) is 0 Å². The molecule has 2 heterocycles. The molecule has 2 aromatic heterocycles. The lowest BCUT2D eigenvalue weighted by molar-refractivity contribution is 0.0985. The zero-order valence-electron chi connectivity index (χ0n) is 11.3. The average molecular weight is 267 g/mol. The minimum absolute atomic E-state index is 0.0453. The highest BCUT2D eigenvalue weighted by Crippen LogP contribution is 2.17. The van der Waals surface area contributed by atoms with Gasteiger partial charge in [-0.25, -0.2) is 0 Å². The predicted octanol–water partition coefficient (Wildman–Crippen LogP) is 2.66. The fourth-order valence-corrected chi connectivity index (χ4v) is 2.07. The van der Waals surface area contributed by atoms with Crippen LogP contribution in [0, 0.1) is 13.8 Å². The zero-order chi connectivity index (χ0) is 14.1.